The number of aromatic amines is 1. The predicted octanol–water partition coefficient (Wildman–Crippen LogP) is 4.52. The Morgan fingerprint density at radius 2 is 2.00 bits per heavy atom. The zero-order valence-electron chi connectivity index (χ0n) is 10.8. The fraction of sp³-hybridized carbons (Fsp3) is 0.0667. The number of benzene rings is 2. The Hall–Kier alpha value is -1.43. The van der Waals surface area contributed by atoms with Crippen LogP contribution in [0.3, 0.4) is 0 Å². The van der Waals surface area contributed by atoms with Gasteiger partial charge in [-0.05, 0) is 42.0 Å². The Labute approximate surface area is 139 Å². The number of halogens is 2. The van der Waals surface area contributed by atoms with Crippen molar-refractivity contribution in [3.8, 4) is 0 Å². The number of nitrogens with one attached hydrogen (secondary N) is 1. The van der Waals surface area contributed by atoms with Crippen molar-refractivity contribution in [3.05, 3.63) is 72.6 Å². The van der Waals surface area contributed by atoms with Crippen LogP contribution in [-0.2, 0) is 6.54 Å². The van der Waals surface area contributed by atoms with Gasteiger partial charge in [-0.2, -0.15) is 0 Å². The van der Waals surface area contributed by atoms with Gasteiger partial charge in [0.25, 0.3) is 5.56 Å². The van der Waals surface area contributed by atoms with Crippen LogP contribution in [-0.4, -0.2) is 9.55 Å². The smallest absolute Gasteiger partial charge is 0.262 e. The molecule has 0 unspecified atom stereocenters. The summed E-state index contributed by atoms with van der Waals surface area (Å²) in [4.78, 5) is 15.7. The molecule has 0 aliphatic carbocycles. The van der Waals surface area contributed by atoms with E-state index >= 15 is 0 Å². The molecule has 0 saturated carbocycles. The van der Waals surface area contributed by atoms with E-state index in [-0.39, 0.29) is 5.56 Å². The van der Waals surface area contributed by atoms with E-state index in [2.05, 4.69) is 20.9 Å². The summed E-state index contributed by atoms with van der Waals surface area (Å²) in [6, 6.07) is 12.9. The Kier molecular flexibility index (Phi) is 3.97. The Balaban J connectivity index is 2.21. The standard InChI is InChI=1S/C15H10BrClN2OS/c16-10-5-6-13-11(7-10)14(20)19(15(21)18-13)8-9-3-1-2-4-12(9)17/h1-7H,8H2,(H,18,21). The highest BCUT2D eigenvalue weighted by Gasteiger charge is 2.08. The molecule has 1 heterocycles. The Morgan fingerprint density at radius 3 is 2.76 bits per heavy atom. The molecule has 0 aliphatic rings. The summed E-state index contributed by atoms with van der Waals surface area (Å²) in [5.41, 5.74) is 1.45. The van der Waals surface area contributed by atoms with Gasteiger partial charge in [-0.1, -0.05) is 45.7 Å². The van der Waals surface area contributed by atoms with Crippen molar-refractivity contribution >= 4 is 50.7 Å². The van der Waals surface area contributed by atoms with Crippen LogP contribution in [0.5, 0.6) is 0 Å². The van der Waals surface area contributed by atoms with Crippen LogP contribution in [0.25, 0.3) is 10.9 Å². The maximum atomic E-state index is 12.6. The van der Waals surface area contributed by atoms with E-state index in [1.165, 1.54) is 4.57 Å². The number of nitrogens with zero attached hydrogens (tertiary/aromatic N) is 1. The van der Waals surface area contributed by atoms with E-state index in [1.807, 2.05) is 30.3 Å². The van der Waals surface area contributed by atoms with Crippen molar-refractivity contribution < 1.29 is 0 Å². The lowest BCUT2D eigenvalue weighted by Crippen LogP contribution is -2.22. The van der Waals surface area contributed by atoms with E-state index in [0.717, 1.165) is 15.6 Å². The lowest BCUT2D eigenvalue weighted by molar-refractivity contribution is 0.734. The van der Waals surface area contributed by atoms with Gasteiger partial charge in [-0.15, -0.1) is 0 Å². The van der Waals surface area contributed by atoms with Crippen LogP contribution in [0.15, 0.2) is 51.7 Å². The molecule has 2 aromatic carbocycles. The average molecular weight is 382 g/mol. The molecule has 3 nitrogen and oxygen atoms in total. The van der Waals surface area contributed by atoms with E-state index in [9.17, 15) is 4.79 Å². The predicted molar refractivity (Wildman–Crippen MR) is 91.6 cm³/mol. The average Bonchev–Trinajstić information content (AvgIpc) is 2.46. The lowest BCUT2D eigenvalue weighted by atomic mass is 10.2. The molecule has 0 aliphatic heterocycles. The van der Waals surface area contributed by atoms with E-state index in [1.54, 1.807) is 12.1 Å². The number of fused-ring (bicyclic) bond motifs is 1. The monoisotopic (exact) mass is 380 g/mol. The van der Waals surface area contributed by atoms with Crippen molar-refractivity contribution in [3.63, 3.8) is 0 Å². The van der Waals surface area contributed by atoms with Gasteiger partial charge in [0, 0.05) is 9.50 Å². The molecule has 0 saturated heterocycles. The van der Waals surface area contributed by atoms with E-state index in [0.29, 0.717) is 21.7 Å². The summed E-state index contributed by atoms with van der Waals surface area (Å²) in [6.07, 6.45) is 0. The maximum Gasteiger partial charge on any atom is 0.262 e. The topological polar surface area (TPSA) is 37.8 Å². The first kappa shape index (κ1) is 14.5. The number of rotatable bonds is 2. The summed E-state index contributed by atoms with van der Waals surface area (Å²) in [5, 5.41) is 1.21. The van der Waals surface area contributed by atoms with Crippen LogP contribution in [0.1, 0.15) is 5.56 Å². The van der Waals surface area contributed by atoms with Gasteiger partial charge in [0.2, 0.25) is 0 Å². The fourth-order valence-corrected chi connectivity index (χ4v) is 2.98. The number of H-pyrrole nitrogens is 1. The first-order valence-electron chi connectivity index (χ1n) is 6.22. The van der Waals surface area contributed by atoms with Gasteiger partial charge < -0.3 is 4.98 Å². The molecule has 6 heteroatoms. The van der Waals surface area contributed by atoms with Gasteiger partial charge in [-0.25, -0.2) is 0 Å². The number of hydrogen-bond donors (Lipinski definition) is 1. The van der Waals surface area contributed by atoms with Crippen LogP contribution in [0, 0.1) is 4.77 Å². The molecule has 3 rings (SSSR count). The highest BCUT2D eigenvalue weighted by atomic mass is 79.9. The second-order valence-corrected chi connectivity index (χ2v) is 6.31. The minimum Gasteiger partial charge on any atom is -0.332 e. The van der Waals surface area contributed by atoms with E-state index < -0.39 is 0 Å². The molecule has 106 valence electrons. The molecule has 0 radical (unpaired) electrons. The van der Waals surface area contributed by atoms with Gasteiger partial charge in [0.15, 0.2) is 4.77 Å². The molecule has 21 heavy (non-hydrogen) atoms. The third-order valence-corrected chi connectivity index (χ3v) is 4.41. The van der Waals surface area contributed by atoms with Crippen molar-refractivity contribution in [2.45, 2.75) is 6.54 Å². The summed E-state index contributed by atoms with van der Waals surface area (Å²) < 4.78 is 2.75. The molecular weight excluding hydrogens is 372 g/mol. The van der Waals surface area contributed by atoms with Gasteiger partial charge in [0.05, 0.1) is 17.4 Å². The molecule has 1 N–H and O–H groups in total. The molecule has 0 amide bonds. The number of hydrogen-bond acceptors (Lipinski definition) is 2. The fourth-order valence-electron chi connectivity index (χ4n) is 2.16. The third-order valence-electron chi connectivity index (χ3n) is 3.23. The highest BCUT2D eigenvalue weighted by molar-refractivity contribution is 9.10. The first-order chi connectivity index (χ1) is 10.1. The van der Waals surface area contributed by atoms with Gasteiger partial charge in [-0.3, -0.25) is 9.36 Å². The van der Waals surface area contributed by atoms with Gasteiger partial charge >= 0.3 is 0 Å². The minimum absolute atomic E-state index is 0.130. The zero-order chi connectivity index (χ0) is 15.0. The lowest BCUT2D eigenvalue weighted by Gasteiger charge is -2.09. The second kappa shape index (κ2) is 5.75. The van der Waals surface area contributed by atoms with Crippen LogP contribution in [0.2, 0.25) is 5.02 Å². The largest absolute Gasteiger partial charge is 0.332 e. The SMILES string of the molecule is O=c1c2cc(Br)ccc2[nH]c(=S)n1Cc1ccccc1Cl. The normalized spacial score (nSPS) is 11.0. The maximum absolute atomic E-state index is 12.6. The first-order valence-corrected chi connectivity index (χ1v) is 7.80. The molecule has 0 fully saturated rings. The van der Waals surface area contributed by atoms with Crippen LogP contribution >= 0.6 is 39.7 Å². The number of aromatic nitrogens is 2. The molecule has 3 aromatic rings. The van der Waals surface area contributed by atoms with Gasteiger partial charge in [0.1, 0.15) is 0 Å². The quantitative estimate of drug-likeness (QED) is 0.663. The summed E-state index contributed by atoms with van der Waals surface area (Å²) in [7, 11) is 0. The highest BCUT2D eigenvalue weighted by Crippen LogP contribution is 2.18. The van der Waals surface area contributed by atoms with Crippen molar-refractivity contribution in [2.24, 2.45) is 0 Å². The zero-order valence-corrected chi connectivity index (χ0v) is 13.9. The second-order valence-electron chi connectivity index (χ2n) is 4.60. The van der Waals surface area contributed by atoms with Crippen molar-refractivity contribution in [2.75, 3.05) is 0 Å². The Morgan fingerprint density at radius 1 is 1.24 bits per heavy atom. The third kappa shape index (κ3) is 2.81. The molecule has 0 bridgehead atoms. The van der Waals surface area contributed by atoms with Crippen LogP contribution < -0.4 is 5.56 Å². The van der Waals surface area contributed by atoms with E-state index in [4.69, 9.17) is 23.8 Å². The van der Waals surface area contributed by atoms with Crippen molar-refractivity contribution in [1.82, 2.24) is 9.55 Å². The molecule has 1 aromatic heterocycles. The summed E-state index contributed by atoms with van der Waals surface area (Å²) in [5.74, 6) is 0. The molecule has 0 atom stereocenters. The van der Waals surface area contributed by atoms with Crippen LogP contribution in [0.4, 0.5) is 0 Å². The molecule has 0 spiro atoms. The van der Waals surface area contributed by atoms with Crippen molar-refractivity contribution in [1.29, 1.82) is 0 Å². The Bertz CT molecular complexity index is 948. The minimum atomic E-state index is -0.130. The molecular formula is C15H10BrClN2OS. The summed E-state index contributed by atoms with van der Waals surface area (Å²) >= 11 is 14.8. The summed E-state index contributed by atoms with van der Waals surface area (Å²) in [6.45, 7) is 0.344.